The van der Waals surface area contributed by atoms with Crippen molar-refractivity contribution in [2.24, 2.45) is 5.92 Å². The summed E-state index contributed by atoms with van der Waals surface area (Å²) in [6.07, 6.45) is 1.48. The van der Waals surface area contributed by atoms with Gasteiger partial charge in [-0.2, -0.15) is 18.3 Å². The van der Waals surface area contributed by atoms with Gasteiger partial charge in [0.15, 0.2) is 0 Å². The Morgan fingerprint density at radius 3 is 2.59 bits per heavy atom. The molecule has 0 amide bonds. The Balaban J connectivity index is 1.51. The van der Waals surface area contributed by atoms with Crippen LogP contribution in [0.5, 0.6) is 0 Å². The largest absolute Gasteiger partial charge is 0.423 e. The topological polar surface area (TPSA) is 78.2 Å². The Morgan fingerprint density at radius 2 is 1.88 bits per heavy atom. The Kier molecular flexibility index (Phi) is 9.80. The van der Waals surface area contributed by atoms with Gasteiger partial charge >= 0.3 is 6.18 Å². The van der Waals surface area contributed by atoms with E-state index in [4.69, 9.17) is 4.74 Å². The molecule has 2 atom stereocenters. The zero-order valence-electron chi connectivity index (χ0n) is 23.4. The predicted octanol–water partition coefficient (Wildman–Crippen LogP) is 6.85. The molecule has 13 heteroatoms. The monoisotopic (exact) mass is 658 g/mol. The maximum Gasteiger partial charge on any atom is 0.423 e. The van der Waals surface area contributed by atoms with Crippen LogP contribution in [0.4, 0.5) is 23.2 Å². The van der Waals surface area contributed by atoms with Crippen LogP contribution >= 0.6 is 15.9 Å². The van der Waals surface area contributed by atoms with Gasteiger partial charge in [0.05, 0.1) is 21.7 Å². The first-order valence-corrected chi connectivity index (χ1v) is 18.2. The third kappa shape index (κ3) is 7.86. The van der Waals surface area contributed by atoms with Crippen LogP contribution in [0.25, 0.3) is 10.8 Å². The van der Waals surface area contributed by atoms with Crippen LogP contribution in [-0.2, 0) is 24.2 Å². The van der Waals surface area contributed by atoms with E-state index < -0.39 is 31.2 Å². The summed E-state index contributed by atoms with van der Waals surface area (Å²) >= 11 is 3.13. The summed E-state index contributed by atoms with van der Waals surface area (Å²) in [7, 11) is -1.40. The van der Waals surface area contributed by atoms with Gasteiger partial charge in [0.1, 0.15) is 18.1 Å². The number of aryl methyl sites for hydroxylation is 1. The van der Waals surface area contributed by atoms with Crippen molar-refractivity contribution in [1.29, 1.82) is 0 Å². The molecule has 0 spiro atoms. The van der Waals surface area contributed by atoms with E-state index in [1.807, 2.05) is 0 Å². The number of hydrogen-bond donors (Lipinski definition) is 1. The highest BCUT2D eigenvalue weighted by molar-refractivity contribution is 9.10. The van der Waals surface area contributed by atoms with Crippen LogP contribution in [0.1, 0.15) is 37.7 Å². The number of rotatable bonds is 10. The fraction of sp³-hybridized carbons (Fsp3) is 0.536. The van der Waals surface area contributed by atoms with Crippen molar-refractivity contribution in [2.75, 3.05) is 11.9 Å². The van der Waals surface area contributed by atoms with Crippen LogP contribution in [0.3, 0.4) is 0 Å². The first-order chi connectivity index (χ1) is 19.2. The molecule has 0 radical (unpaired) electrons. The zero-order valence-corrected chi connectivity index (χ0v) is 25.9. The van der Waals surface area contributed by atoms with Gasteiger partial charge in [0.25, 0.3) is 11.1 Å². The fourth-order valence-corrected chi connectivity index (χ4v) is 6.31. The predicted molar refractivity (Wildman–Crippen MR) is 157 cm³/mol. The molecule has 224 valence electrons. The molecule has 1 N–H and O–H groups in total. The molecule has 1 aliphatic rings. The summed E-state index contributed by atoms with van der Waals surface area (Å²) in [5.41, 5.74) is -3.20. The third-order valence-electron chi connectivity index (χ3n) is 7.55. The molecule has 2 aromatic heterocycles. The number of anilines is 1. The number of aromatic nitrogens is 3. The second kappa shape index (κ2) is 12.8. The lowest BCUT2D eigenvalue weighted by molar-refractivity contribution is -0.138. The lowest BCUT2D eigenvalue weighted by Crippen LogP contribution is -2.37. The summed E-state index contributed by atoms with van der Waals surface area (Å²) in [5.74, 6) is -0.570. The minimum atomic E-state index is -4.88. The Hall–Kier alpha value is -2.51. The van der Waals surface area contributed by atoms with Gasteiger partial charge in [-0.25, -0.2) is 9.07 Å². The normalized spacial score (nSPS) is 18.1. The van der Waals surface area contributed by atoms with E-state index in [2.05, 4.69) is 46.0 Å². The zero-order chi connectivity index (χ0) is 29.9. The van der Waals surface area contributed by atoms with Gasteiger partial charge in [-0.3, -0.25) is 9.59 Å². The van der Waals surface area contributed by atoms with Crippen LogP contribution in [0.2, 0.25) is 25.7 Å². The first kappa shape index (κ1) is 31.4. The molecule has 0 saturated heterocycles. The maximum absolute atomic E-state index is 14.1. The van der Waals surface area contributed by atoms with Gasteiger partial charge in [-0.1, -0.05) is 32.5 Å². The summed E-state index contributed by atoms with van der Waals surface area (Å²) in [4.78, 5) is 25.8. The molecule has 1 aromatic carbocycles. The van der Waals surface area contributed by atoms with E-state index in [1.54, 1.807) is 18.3 Å². The third-order valence-corrected chi connectivity index (χ3v) is 9.86. The molecule has 0 aliphatic heterocycles. The average molecular weight is 660 g/mol. The number of hydrogen-bond acceptors (Lipinski definition) is 5. The minimum Gasteiger partial charge on any atom is -0.380 e. The van der Waals surface area contributed by atoms with Crippen LogP contribution < -0.4 is 16.4 Å². The van der Waals surface area contributed by atoms with Crippen molar-refractivity contribution >= 4 is 40.5 Å². The Labute approximate surface area is 245 Å². The molecule has 1 fully saturated rings. The fourth-order valence-electron chi connectivity index (χ4n) is 5.20. The molecule has 0 unspecified atom stereocenters. The maximum atomic E-state index is 14.1. The van der Waals surface area contributed by atoms with Crippen molar-refractivity contribution in [3.05, 3.63) is 67.2 Å². The number of alkyl halides is 3. The van der Waals surface area contributed by atoms with Gasteiger partial charge in [0.2, 0.25) is 0 Å². The van der Waals surface area contributed by atoms with E-state index in [-0.39, 0.29) is 39.8 Å². The summed E-state index contributed by atoms with van der Waals surface area (Å²) < 4.78 is 64.3. The molecule has 1 saturated carbocycles. The van der Waals surface area contributed by atoms with Crippen molar-refractivity contribution < 1.29 is 22.3 Å². The number of nitrogens with one attached hydrogen (secondary N) is 1. The lowest BCUT2D eigenvalue weighted by atomic mass is 9.82. The number of halogens is 5. The number of fused-ring (bicyclic) bond motifs is 1. The molecule has 3 aromatic rings. The van der Waals surface area contributed by atoms with Crippen LogP contribution in [0, 0.1) is 11.7 Å². The summed E-state index contributed by atoms with van der Waals surface area (Å²) in [5, 5.41) is 7.83. The molecule has 1 aliphatic carbocycles. The molecule has 2 heterocycles. The second-order valence-corrected chi connectivity index (χ2v) is 18.3. The smallest absolute Gasteiger partial charge is 0.380 e. The first-order valence-electron chi connectivity index (χ1n) is 13.7. The van der Waals surface area contributed by atoms with Crippen molar-refractivity contribution in [3.8, 4) is 0 Å². The summed E-state index contributed by atoms with van der Waals surface area (Å²) in [6.45, 7) is 6.80. The Bertz CT molecular complexity index is 1500. The van der Waals surface area contributed by atoms with E-state index in [1.165, 1.54) is 10.6 Å². The number of benzene rings is 1. The average Bonchev–Trinajstić information content (AvgIpc) is 2.88. The number of nitrogens with zero attached hydrogens (tertiary/aromatic N) is 3. The van der Waals surface area contributed by atoms with Crippen molar-refractivity contribution in [3.63, 3.8) is 0 Å². The van der Waals surface area contributed by atoms with Crippen molar-refractivity contribution in [1.82, 2.24) is 14.3 Å². The highest BCUT2D eigenvalue weighted by Gasteiger charge is 2.39. The van der Waals surface area contributed by atoms with Gasteiger partial charge in [-0.05, 0) is 70.7 Å². The summed E-state index contributed by atoms with van der Waals surface area (Å²) in [6, 6.07) is 4.98. The van der Waals surface area contributed by atoms with Crippen LogP contribution in [-0.4, -0.2) is 35.1 Å². The van der Waals surface area contributed by atoms with Crippen LogP contribution in [0.15, 0.2) is 44.7 Å². The molecular weight excluding hydrogens is 624 g/mol. The number of pyridine rings is 1. The van der Waals surface area contributed by atoms with E-state index >= 15 is 0 Å². The number of ether oxygens (including phenoxy) is 1. The molecule has 41 heavy (non-hydrogen) atoms. The SMILES string of the molecule is C[Si](C)(C)CCOCn1ncc(N[C@H]2CCCC[C@@H]2CCn2ccc3cc(Br)c(F)cc3c2=O)c(C(F)(F)F)c1=O. The Morgan fingerprint density at radius 1 is 1.15 bits per heavy atom. The molecule has 7 nitrogen and oxygen atoms in total. The van der Waals surface area contributed by atoms with Gasteiger partial charge < -0.3 is 14.6 Å². The van der Waals surface area contributed by atoms with Gasteiger partial charge in [-0.15, -0.1) is 0 Å². The lowest BCUT2D eigenvalue weighted by Gasteiger charge is -2.33. The minimum absolute atomic E-state index is 0.0404. The second-order valence-electron chi connectivity index (χ2n) is 11.8. The quantitative estimate of drug-likeness (QED) is 0.146. The highest BCUT2D eigenvalue weighted by atomic mass is 79.9. The molecule has 0 bridgehead atoms. The standard InChI is InChI=1S/C28H35BrF4N4O3Si/c1-41(2,3)13-12-40-17-37-27(39)25(28(31,32)33)24(16-34-37)35-23-7-5-4-6-18(23)8-10-36-11-9-19-14-21(29)22(30)15-20(19)26(36)38/h9,11,14-16,18,23,35H,4-8,10,12-13,17H2,1-3H3/t18-,23+/m1/s1. The van der Waals surface area contributed by atoms with Crippen molar-refractivity contribution in [2.45, 2.75) is 83.3 Å². The molecular formula is C28H35BrF4N4O3Si. The van der Waals surface area contributed by atoms with E-state index in [0.29, 0.717) is 36.1 Å². The van der Waals surface area contributed by atoms with E-state index in [0.717, 1.165) is 31.5 Å². The van der Waals surface area contributed by atoms with E-state index in [9.17, 15) is 27.2 Å². The highest BCUT2D eigenvalue weighted by Crippen LogP contribution is 2.35. The molecule has 4 rings (SSSR count). The van der Waals surface area contributed by atoms with Gasteiger partial charge in [0, 0.05) is 33.5 Å².